The molecule has 0 aliphatic carbocycles. The Morgan fingerprint density at radius 1 is 0.319 bits per heavy atom. The lowest BCUT2D eigenvalue weighted by Crippen LogP contribution is -2.09. The fourth-order valence-electron chi connectivity index (χ4n) is 6.50. The van der Waals surface area contributed by atoms with Crippen LogP contribution in [-0.2, 0) is 14.4 Å². The molecule has 0 spiro atoms. The van der Waals surface area contributed by atoms with Crippen molar-refractivity contribution >= 4 is 217 Å². The van der Waals surface area contributed by atoms with E-state index in [9.17, 15) is 55.2 Å². The van der Waals surface area contributed by atoms with Gasteiger partial charge in [0.15, 0.2) is 92.0 Å². The number of carbonyl (C=O) groups excluding carboxylic acids is 3. The van der Waals surface area contributed by atoms with Crippen LogP contribution in [0.3, 0.4) is 0 Å². The number of carbonyl (C=O) groups is 3. The number of aromatic hydroxyl groups is 8. The van der Waals surface area contributed by atoms with E-state index in [-0.39, 0.29) is 89.5 Å². The zero-order chi connectivity index (χ0) is 72.5. The highest BCUT2D eigenvalue weighted by Gasteiger charge is 2.25. The van der Waals surface area contributed by atoms with Crippen LogP contribution in [0.15, 0.2) is 86.5 Å². The minimum Gasteiger partial charge on any atom is -0.506 e. The van der Waals surface area contributed by atoms with Crippen molar-refractivity contribution in [2.24, 2.45) is 0 Å². The average molecular weight is 2200 g/mol. The Bertz CT molecular complexity index is 3810. The third-order valence-corrected chi connectivity index (χ3v) is 19.2. The molecular weight excluding hydrogens is 2140 g/mol. The maximum absolute atomic E-state index is 11.5. The lowest BCUT2D eigenvalue weighted by Gasteiger charge is -2.15. The number of phenolic OH excluding ortho intramolecular Hbond substituents is 8. The van der Waals surface area contributed by atoms with Crippen molar-refractivity contribution in [3.8, 4) is 115 Å². The molecule has 0 heterocycles. The Morgan fingerprint density at radius 2 is 0.638 bits per heavy atom. The molecule has 6 aromatic carbocycles. The maximum Gasteiger partial charge on any atom is 0.338 e. The largest absolute Gasteiger partial charge is 0.506 e. The second kappa shape index (κ2) is 41.7. The summed E-state index contributed by atoms with van der Waals surface area (Å²) < 4.78 is 64.7. The van der Waals surface area contributed by atoms with Crippen LogP contribution in [-0.4, -0.2) is 123 Å². The number of halogens is 8. The molecule has 8 N–H and O–H groups in total. The first-order chi connectivity index (χ1) is 44.0. The highest BCUT2D eigenvalue weighted by Crippen LogP contribution is 2.48. The molecule has 0 amide bonds. The molecule has 0 aliphatic rings. The molecule has 23 nitrogen and oxygen atoms in total. The number of phenols is 8. The molecule has 510 valence electrons. The van der Waals surface area contributed by atoms with Crippen LogP contribution in [0.4, 0.5) is 0 Å². The maximum atomic E-state index is 11.5. The molecular formula is C63H64I8O23. The second-order valence-corrected chi connectivity index (χ2v) is 26.2. The normalized spacial score (nSPS) is 9.79. The first kappa shape index (κ1) is 86.6. The van der Waals surface area contributed by atoms with Gasteiger partial charge in [-0.25, -0.2) is 14.4 Å². The summed E-state index contributed by atoms with van der Waals surface area (Å²) in [7, 11) is 13.2. The van der Waals surface area contributed by atoms with E-state index in [4.69, 9.17) is 56.8 Å². The molecule has 94 heavy (non-hydrogen) atoms. The molecule has 0 saturated heterocycles. The predicted molar refractivity (Wildman–Crippen MR) is 424 cm³/mol. The summed E-state index contributed by atoms with van der Waals surface area (Å²) in [5.74, 6) is 1.60. The lowest BCUT2D eigenvalue weighted by molar-refractivity contribution is -0.131. The SMILES string of the molecule is C=C(C)C(=O)Oc1cc(I)c(O)c(OC)c1I.C=C(C)C(=O)Oc1cc(OC)c(O)c(I)c1O.C=C(C)C(=O)Oc1cc(OC)c(O)c(I)c1OC.C=Cc1c(I)c(OC)c(O)c(I)c1OC.C=Cc1cc(OC)c(O)c(I)c1O.C=Cc1cc(OC)c(O)c(I)c1OC. The van der Waals surface area contributed by atoms with E-state index in [1.807, 2.05) is 136 Å². The number of methoxy groups -OCH3 is 9. The number of esters is 3. The van der Waals surface area contributed by atoms with Gasteiger partial charge in [-0.3, -0.25) is 0 Å². The highest BCUT2D eigenvalue weighted by atomic mass is 127. The fourth-order valence-corrected chi connectivity index (χ4v) is 12.1. The summed E-state index contributed by atoms with van der Waals surface area (Å²) in [6, 6.07) is 7.40. The molecule has 0 atom stereocenters. The van der Waals surface area contributed by atoms with Gasteiger partial charge in [-0.15, -0.1) is 0 Å². The van der Waals surface area contributed by atoms with E-state index < -0.39 is 17.9 Å². The molecule has 6 rings (SSSR count). The zero-order valence-corrected chi connectivity index (χ0v) is 69.3. The van der Waals surface area contributed by atoms with Gasteiger partial charge in [-0.05, 0) is 220 Å². The fraction of sp³-hybridized carbons (Fsp3) is 0.190. The van der Waals surface area contributed by atoms with Crippen molar-refractivity contribution in [1.29, 1.82) is 0 Å². The summed E-state index contributed by atoms with van der Waals surface area (Å²) in [6.45, 7) is 25.9. The zero-order valence-electron chi connectivity index (χ0n) is 52.1. The van der Waals surface area contributed by atoms with E-state index in [2.05, 4.69) is 62.1 Å². The van der Waals surface area contributed by atoms with Gasteiger partial charge in [0.1, 0.15) is 44.4 Å². The van der Waals surface area contributed by atoms with Gasteiger partial charge in [-0.2, -0.15) is 0 Å². The number of ether oxygens (including phenoxy) is 12. The molecule has 0 saturated carbocycles. The Kier molecular flexibility index (Phi) is 38.4. The smallest absolute Gasteiger partial charge is 0.338 e. The molecule has 0 aliphatic heterocycles. The van der Waals surface area contributed by atoms with Gasteiger partial charge in [0.05, 0.1) is 71.1 Å². The Labute approximate surface area is 652 Å². The van der Waals surface area contributed by atoms with Crippen LogP contribution in [0, 0.1) is 28.6 Å². The van der Waals surface area contributed by atoms with Crippen LogP contribution >= 0.6 is 181 Å². The summed E-state index contributed by atoms with van der Waals surface area (Å²) >= 11 is 15.4. The molecule has 0 radical (unpaired) electrons. The molecule has 0 aromatic heterocycles. The summed E-state index contributed by atoms with van der Waals surface area (Å²) in [5, 5.41) is 77.4. The van der Waals surface area contributed by atoms with Gasteiger partial charge >= 0.3 is 17.9 Å². The van der Waals surface area contributed by atoms with Crippen LogP contribution in [0.5, 0.6) is 115 Å². The first-order valence-electron chi connectivity index (χ1n) is 25.4. The molecule has 6 aromatic rings. The van der Waals surface area contributed by atoms with Crippen molar-refractivity contribution in [1.82, 2.24) is 0 Å². The van der Waals surface area contributed by atoms with Crippen molar-refractivity contribution in [3.63, 3.8) is 0 Å². The van der Waals surface area contributed by atoms with Gasteiger partial charge in [0.25, 0.3) is 0 Å². The van der Waals surface area contributed by atoms with Crippen molar-refractivity contribution in [2.45, 2.75) is 20.8 Å². The Balaban J connectivity index is 0.000000566. The third-order valence-electron chi connectivity index (χ3n) is 11.3. The van der Waals surface area contributed by atoms with E-state index in [1.54, 1.807) is 68.0 Å². The number of hydrogen-bond donors (Lipinski definition) is 8. The van der Waals surface area contributed by atoms with Crippen LogP contribution in [0.1, 0.15) is 37.5 Å². The van der Waals surface area contributed by atoms with Gasteiger partial charge in [0, 0.05) is 45.5 Å². The topological polar surface area (TPSA) is 324 Å². The van der Waals surface area contributed by atoms with E-state index in [1.165, 1.54) is 87.9 Å². The quantitative estimate of drug-likeness (QED) is 0.0171. The number of benzene rings is 6. The number of rotatable bonds is 18. The van der Waals surface area contributed by atoms with Crippen molar-refractivity contribution in [3.05, 3.63) is 132 Å². The van der Waals surface area contributed by atoms with E-state index in [0.29, 0.717) is 72.8 Å². The average Bonchev–Trinajstić information content (AvgIpc) is 0.827. The molecule has 0 fully saturated rings. The molecule has 0 unspecified atom stereocenters. The third kappa shape index (κ3) is 22.9. The number of hydrogen-bond acceptors (Lipinski definition) is 23. The summed E-state index contributed by atoms with van der Waals surface area (Å²) in [4.78, 5) is 34.2. The molecule has 31 heteroatoms. The summed E-state index contributed by atoms with van der Waals surface area (Å²) in [5.41, 5.74) is 2.94. The lowest BCUT2D eigenvalue weighted by atomic mass is 10.1. The second-order valence-electron chi connectivity index (χ2n) is 17.5. The van der Waals surface area contributed by atoms with E-state index >= 15 is 0 Å². The van der Waals surface area contributed by atoms with Gasteiger partial charge in [0.2, 0.25) is 0 Å². The first-order valence-corrected chi connectivity index (χ1v) is 34.1. The Morgan fingerprint density at radius 3 is 1.02 bits per heavy atom. The van der Waals surface area contributed by atoms with Gasteiger partial charge in [-0.1, -0.05) is 57.7 Å². The van der Waals surface area contributed by atoms with Crippen LogP contribution in [0.2, 0.25) is 0 Å². The summed E-state index contributed by atoms with van der Waals surface area (Å²) in [6.07, 6.45) is 4.84. The predicted octanol–water partition coefficient (Wildman–Crippen LogP) is 16.1. The van der Waals surface area contributed by atoms with Crippen molar-refractivity contribution in [2.75, 3.05) is 64.0 Å². The standard InChI is InChI=1S/C12H13IO5.C11H10I2O4.C11H11IO5.C10H10I2O3.C10H11IO3.C9H9IO3/c1-6(2)12(15)18-8-5-7(16-3)10(14)9(13)11(8)17-4;1-5(2)11(15)17-7-4-6(12)9(14)10(16-3)8(7)13;1-5(2)11(15)17-7-4-6(16-3)9(13)8(12)10(7)14;1-4-5-6(11)10(15-3)8(13)7(12)9(5)14-2;1-4-6-5-7(13-2)9(12)8(11)10(6)14-3;1-3-5-4-6(13-2)9(12)7(10)8(5)11/h5,14H,1H2,2-4H3;4,14H,1H2,2-3H3;4,13-14H,1H2,2-3H3;4,13H,1H2,2-3H3;4-5,12H,1H2,2-3H3;3-4,11-12H,1H2,2H3. The highest BCUT2D eigenvalue weighted by molar-refractivity contribution is 14.1. The van der Waals surface area contributed by atoms with E-state index in [0.717, 1.165) is 14.7 Å². The van der Waals surface area contributed by atoms with Gasteiger partial charge < -0.3 is 97.7 Å². The van der Waals surface area contributed by atoms with Crippen LogP contribution < -0.4 is 56.8 Å². The monoisotopic (exact) mass is 2200 g/mol. The van der Waals surface area contributed by atoms with Crippen LogP contribution in [0.25, 0.3) is 18.2 Å². The van der Waals surface area contributed by atoms with Crippen molar-refractivity contribution < 1.29 is 112 Å². The Hall–Kier alpha value is -5.39. The minimum absolute atomic E-state index is 0.0221. The molecule has 0 bridgehead atoms. The minimum atomic E-state index is -0.663.